The molecule has 2 nitrogen and oxygen atoms in total. The van der Waals surface area contributed by atoms with Crippen LogP contribution in [0.4, 0.5) is 0 Å². The standard InChI is InChI=1S/C9H13BrN2/c1-12-9(6-11)7-4-2-3-5-8(7)10/h2-5,9,12H,6,11H2,1H3/t9-/m1/s1. The van der Waals surface area contributed by atoms with Gasteiger partial charge in [-0.05, 0) is 18.7 Å². The van der Waals surface area contributed by atoms with Crippen molar-refractivity contribution in [3.8, 4) is 0 Å². The van der Waals surface area contributed by atoms with Gasteiger partial charge in [-0.25, -0.2) is 0 Å². The molecule has 0 aliphatic rings. The fourth-order valence-corrected chi connectivity index (χ4v) is 1.72. The normalized spacial score (nSPS) is 12.9. The zero-order valence-corrected chi connectivity index (χ0v) is 8.64. The van der Waals surface area contributed by atoms with Gasteiger partial charge in [0, 0.05) is 17.1 Å². The van der Waals surface area contributed by atoms with Crippen LogP contribution in [0.1, 0.15) is 11.6 Å². The number of rotatable bonds is 3. The van der Waals surface area contributed by atoms with Crippen molar-refractivity contribution < 1.29 is 0 Å². The maximum Gasteiger partial charge on any atom is 0.0453 e. The maximum absolute atomic E-state index is 5.60. The van der Waals surface area contributed by atoms with Gasteiger partial charge in [-0.2, -0.15) is 0 Å². The molecule has 0 fully saturated rings. The molecule has 0 amide bonds. The van der Waals surface area contributed by atoms with Crippen molar-refractivity contribution in [3.63, 3.8) is 0 Å². The molecule has 3 heteroatoms. The van der Waals surface area contributed by atoms with Gasteiger partial charge >= 0.3 is 0 Å². The second-order valence-electron chi connectivity index (χ2n) is 2.60. The smallest absolute Gasteiger partial charge is 0.0453 e. The molecule has 0 radical (unpaired) electrons. The topological polar surface area (TPSA) is 38.0 Å². The van der Waals surface area contributed by atoms with Crippen LogP contribution in [0, 0.1) is 0 Å². The molecule has 66 valence electrons. The van der Waals surface area contributed by atoms with E-state index in [0.29, 0.717) is 6.54 Å². The van der Waals surface area contributed by atoms with Crippen LogP contribution in [0.25, 0.3) is 0 Å². The van der Waals surface area contributed by atoms with E-state index in [0.717, 1.165) is 4.47 Å². The van der Waals surface area contributed by atoms with Gasteiger partial charge in [0.05, 0.1) is 0 Å². The van der Waals surface area contributed by atoms with E-state index in [9.17, 15) is 0 Å². The predicted molar refractivity (Wildman–Crippen MR) is 55.0 cm³/mol. The van der Waals surface area contributed by atoms with E-state index in [1.807, 2.05) is 25.2 Å². The van der Waals surface area contributed by atoms with Crippen molar-refractivity contribution in [1.29, 1.82) is 0 Å². The lowest BCUT2D eigenvalue weighted by Crippen LogP contribution is -2.25. The lowest BCUT2D eigenvalue weighted by atomic mass is 10.1. The Balaban J connectivity index is 2.92. The third-order valence-electron chi connectivity index (χ3n) is 1.86. The van der Waals surface area contributed by atoms with E-state index >= 15 is 0 Å². The van der Waals surface area contributed by atoms with E-state index in [1.165, 1.54) is 5.56 Å². The SMILES string of the molecule is CN[C@H](CN)c1ccccc1Br. The van der Waals surface area contributed by atoms with Crippen molar-refractivity contribution >= 4 is 15.9 Å². The largest absolute Gasteiger partial charge is 0.329 e. The summed E-state index contributed by atoms with van der Waals surface area (Å²) in [7, 11) is 1.91. The van der Waals surface area contributed by atoms with E-state index < -0.39 is 0 Å². The minimum atomic E-state index is 0.237. The van der Waals surface area contributed by atoms with Crippen LogP contribution < -0.4 is 11.1 Å². The molecule has 1 aromatic carbocycles. The van der Waals surface area contributed by atoms with Crippen molar-refractivity contribution in [1.82, 2.24) is 5.32 Å². The Morgan fingerprint density at radius 2 is 2.17 bits per heavy atom. The molecule has 0 saturated carbocycles. The van der Waals surface area contributed by atoms with Crippen LogP contribution in [-0.4, -0.2) is 13.6 Å². The van der Waals surface area contributed by atoms with Crippen molar-refractivity contribution in [2.45, 2.75) is 6.04 Å². The highest BCUT2D eigenvalue weighted by Crippen LogP contribution is 2.21. The summed E-state index contributed by atoms with van der Waals surface area (Å²) in [5.74, 6) is 0. The molecule has 0 heterocycles. The third-order valence-corrected chi connectivity index (χ3v) is 2.59. The Bertz CT molecular complexity index is 246. The fraction of sp³-hybridized carbons (Fsp3) is 0.333. The number of hydrogen-bond acceptors (Lipinski definition) is 2. The highest BCUT2D eigenvalue weighted by molar-refractivity contribution is 9.10. The van der Waals surface area contributed by atoms with E-state index in [2.05, 4.69) is 27.3 Å². The molecule has 0 saturated heterocycles. The highest BCUT2D eigenvalue weighted by atomic mass is 79.9. The summed E-state index contributed by atoms with van der Waals surface area (Å²) < 4.78 is 1.11. The molecule has 0 unspecified atom stereocenters. The first-order valence-corrected chi connectivity index (χ1v) is 4.70. The molecule has 0 spiro atoms. The van der Waals surface area contributed by atoms with Gasteiger partial charge in [-0.15, -0.1) is 0 Å². The Kier molecular flexibility index (Phi) is 3.72. The second-order valence-corrected chi connectivity index (χ2v) is 3.45. The first kappa shape index (κ1) is 9.71. The molecule has 1 atom stereocenters. The van der Waals surface area contributed by atoms with Gasteiger partial charge in [0.15, 0.2) is 0 Å². The molecule has 0 aliphatic carbocycles. The van der Waals surface area contributed by atoms with Gasteiger partial charge in [0.25, 0.3) is 0 Å². The van der Waals surface area contributed by atoms with Crippen molar-refractivity contribution in [2.75, 3.05) is 13.6 Å². The summed E-state index contributed by atoms with van der Waals surface area (Å²) in [6.45, 7) is 0.610. The first-order chi connectivity index (χ1) is 5.79. The number of nitrogens with one attached hydrogen (secondary N) is 1. The maximum atomic E-state index is 5.60. The van der Waals surface area contributed by atoms with Crippen LogP contribution in [-0.2, 0) is 0 Å². The molecule has 12 heavy (non-hydrogen) atoms. The summed E-state index contributed by atoms with van der Waals surface area (Å²) in [4.78, 5) is 0. The van der Waals surface area contributed by atoms with Crippen LogP contribution in [0.15, 0.2) is 28.7 Å². The highest BCUT2D eigenvalue weighted by Gasteiger charge is 2.08. The number of benzene rings is 1. The second kappa shape index (κ2) is 4.60. The van der Waals surface area contributed by atoms with E-state index in [4.69, 9.17) is 5.73 Å². The average Bonchev–Trinajstić information content (AvgIpc) is 2.10. The van der Waals surface area contributed by atoms with Gasteiger partial charge < -0.3 is 11.1 Å². The number of hydrogen-bond donors (Lipinski definition) is 2. The van der Waals surface area contributed by atoms with Crippen LogP contribution >= 0.6 is 15.9 Å². The van der Waals surface area contributed by atoms with Crippen LogP contribution in [0.2, 0.25) is 0 Å². The molecule has 0 aromatic heterocycles. The van der Waals surface area contributed by atoms with Crippen LogP contribution in [0.5, 0.6) is 0 Å². The fourth-order valence-electron chi connectivity index (χ4n) is 1.16. The Hall–Kier alpha value is -0.380. The average molecular weight is 229 g/mol. The van der Waals surface area contributed by atoms with Crippen LogP contribution in [0.3, 0.4) is 0 Å². The summed E-state index contributed by atoms with van der Waals surface area (Å²) in [5, 5.41) is 3.15. The minimum absolute atomic E-state index is 0.237. The summed E-state index contributed by atoms with van der Waals surface area (Å²) in [5.41, 5.74) is 6.81. The van der Waals surface area contributed by atoms with E-state index in [1.54, 1.807) is 0 Å². The number of nitrogens with two attached hydrogens (primary N) is 1. The Morgan fingerprint density at radius 3 is 2.67 bits per heavy atom. The first-order valence-electron chi connectivity index (χ1n) is 3.91. The molecule has 1 rings (SSSR count). The quantitative estimate of drug-likeness (QED) is 0.827. The van der Waals surface area contributed by atoms with Gasteiger partial charge in [0.1, 0.15) is 0 Å². The monoisotopic (exact) mass is 228 g/mol. The molecule has 0 bridgehead atoms. The third kappa shape index (κ3) is 2.06. The number of halogens is 1. The molecule has 3 N–H and O–H groups in total. The van der Waals surface area contributed by atoms with Gasteiger partial charge in [-0.3, -0.25) is 0 Å². The lowest BCUT2D eigenvalue weighted by molar-refractivity contribution is 0.603. The summed E-state index contributed by atoms with van der Waals surface area (Å²) >= 11 is 3.48. The summed E-state index contributed by atoms with van der Waals surface area (Å²) in [6, 6.07) is 8.34. The van der Waals surface area contributed by atoms with Gasteiger partial charge in [0.2, 0.25) is 0 Å². The van der Waals surface area contributed by atoms with E-state index in [-0.39, 0.29) is 6.04 Å². The summed E-state index contributed by atoms with van der Waals surface area (Å²) in [6.07, 6.45) is 0. The molecular weight excluding hydrogens is 216 g/mol. The lowest BCUT2D eigenvalue weighted by Gasteiger charge is -2.15. The van der Waals surface area contributed by atoms with Crippen molar-refractivity contribution in [2.24, 2.45) is 5.73 Å². The number of likely N-dealkylation sites (N-methyl/N-ethyl adjacent to an activating group) is 1. The Morgan fingerprint density at radius 1 is 1.50 bits per heavy atom. The van der Waals surface area contributed by atoms with Gasteiger partial charge in [-0.1, -0.05) is 34.1 Å². The minimum Gasteiger partial charge on any atom is -0.329 e. The van der Waals surface area contributed by atoms with Crippen molar-refractivity contribution in [3.05, 3.63) is 34.3 Å². The Labute approximate surface area is 81.3 Å². The molecule has 0 aliphatic heterocycles. The molecule has 1 aromatic rings. The zero-order valence-electron chi connectivity index (χ0n) is 7.05. The predicted octanol–water partition coefficient (Wildman–Crippen LogP) is 1.67. The zero-order chi connectivity index (χ0) is 8.97. The molecular formula is C9H13BrN2.